The molecule has 0 unspecified atom stereocenters. The van der Waals surface area contributed by atoms with Gasteiger partial charge in [-0.1, -0.05) is 10.3 Å². The Hall–Kier alpha value is -4.08. The number of nitrogens with zero attached hydrogens (tertiary/aromatic N) is 4. The third kappa shape index (κ3) is 8.75. The average Bonchev–Trinajstić information content (AvgIpc) is 3.43. The molecule has 0 bridgehead atoms. The summed E-state index contributed by atoms with van der Waals surface area (Å²) < 4.78 is 161. The lowest BCUT2D eigenvalue weighted by Gasteiger charge is -2.13. The Labute approximate surface area is 272 Å². The van der Waals surface area contributed by atoms with Crippen LogP contribution in [-0.4, -0.2) is 61.1 Å². The third-order valence-electron chi connectivity index (χ3n) is 6.97. The van der Waals surface area contributed by atoms with Gasteiger partial charge in [0.05, 0.1) is 33.5 Å². The van der Waals surface area contributed by atoms with Gasteiger partial charge in [0.25, 0.3) is 0 Å². The Bertz CT molecular complexity index is 2000. The lowest BCUT2D eigenvalue weighted by atomic mass is 10.0. The van der Waals surface area contributed by atoms with E-state index in [9.17, 15) is 56.8 Å². The van der Waals surface area contributed by atoms with E-state index in [0.29, 0.717) is 22.6 Å². The number of sulfone groups is 2. The van der Waals surface area contributed by atoms with Gasteiger partial charge in [0.15, 0.2) is 42.0 Å². The van der Waals surface area contributed by atoms with Crippen LogP contribution in [0.5, 0.6) is 5.88 Å². The minimum Gasteiger partial charge on any atom is -0.417 e. The maximum absolute atomic E-state index is 13.1. The molecule has 270 valence electrons. The summed E-state index contributed by atoms with van der Waals surface area (Å²) in [6.45, 7) is -0.380. The summed E-state index contributed by atoms with van der Waals surface area (Å²) in [5.74, 6) is -2.56. The fraction of sp³-hybridized carbons (Fsp3) is 0.481. The molecule has 12 nitrogen and oxygen atoms in total. The Kier molecular flexibility index (Phi) is 10.0. The number of benzene rings is 1. The molecule has 2 aliphatic rings. The van der Waals surface area contributed by atoms with Gasteiger partial charge in [0, 0.05) is 31.2 Å². The van der Waals surface area contributed by atoms with Crippen LogP contribution in [0.25, 0.3) is 0 Å². The molecule has 1 fully saturated rings. The SMILES string of the molecule is CS(=O)(=O)c1cc(C(F)(F)F)ccc1C(=O)c1cnoc1C1CC1.Cn1nc(C(F)(F)F)c(CS(=O)(=O)C2=NOC(C)(C)C2)c1OC(F)F. The van der Waals surface area contributed by atoms with Crippen molar-refractivity contribution in [1.82, 2.24) is 14.9 Å². The van der Waals surface area contributed by atoms with Gasteiger partial charge in [-0.05, 0) is 44.9 Å². The number of aromatic nitrogens is 3. The second-order valence-corrected chi connectivity index (χ2v) is 15.6. The average molecular weight is 751 g/mol. The number of carbonyl (C=O) groups excluding carboxylic acids is 1. The third-order valence-corrected chi connectivity index (χ3v) is 9.71. The van der Waals surface area contributed by atoms with Crippen LogP contribution < -0.4 is 4.74 Å². The van der Waals surface area contributed by atoms with Crippen molar-refractivity contribution in [2.45, 2.75) is 74.2 Å². The zero-order valence-electron chi connectivity index (χ0n) is 25.7. The number of ketones is 1. The molecule has 1 aliphatic heterocycles. The zero-order chi connectivity index (χ0) is 36.9. The van der Waals surface area contributed by atoms with Crippen molar-refractivity contribution < 1.29 is 70.9 Å². The second kappa shape index (κ2) is 13.0. The van der Waals surface area contributed by atoms with E-state index < -0.39 is 88.4 Å². The zero-order valence-corrected chi connectivity index (χ0v) is 27.3. The summed E-state index contributed by atoms with van der Waals surface area (Å²) >= 11 is 0. The number of hydrogen-bond donors (Lipinski definition) is 0. The van der Waals surface area contributed by atoms with E-state index in [0.717, 1.165) is 32.2 Å². The van der Waals surface area contributed by atoms with Gasteiger partial charge in [-0.3, -0.25) is 4.79 Å². The summed E-state index contributed by atoms with van der Waals surface area (Å²) in [7, 11) is -7.47. The van der Waals surface area contributed by atoms with E-state index >= 15 is 0 Å². The number of halogens is 8. The molecule has 1 saturated carbocycles. The van der Waals surface area contributed by atoms with E-state index in [1.807, 2.05) is 0 Å². The molecule has 0 saturated heterocycles. The number of rotatable bonds is 8. The number of oxime groups is 1. The number of ether oxygens (including phenoxy) is 1. The quantitative estimate of drug-likeness (QED) is 0.207. The first-order chi connectivity index (χ1) is 22.3. The van der Waals surface area contributed by atoms with Crippen molar-refractivity contribution in [3.63, 3.8) is 0 Å². The highest BCUT2D eigenvalue weighted by molar-refractivity contribution is 8.05. The first-order valence-corrected chi connectivity index (χ1v) is 17.3. The van der Waals surface area contributed by atoms with Crippen molar-refractivity contribution in [1.29, 1.82) is 0 Å². The molecule has 2 aromatic heterocycles. The standard InChI is InChI=1S/C15H12F3NO4S.C12H14F5N3O4S/c1-24(21,22)12-6-9(15(16,17)18)4-5-10(12)13(20)11-7-19-23-14(11)8-2-3-8;1-11(2)4-7(19-24-11)25(21,22)5-6-8(12(15,16)17)18-20(3)9(6)23-10(13)14/h4-8H,2-3H2,1H3;10H,4-5H2,1-3H3. The number of hydrogen-bond acceptors (Lipinski definition) is 11. The highest BCUT2D eigenvalue weighted by Gasteiger charge is 2.44. The topological polar surface area (TPSA) is 160 Å². The molecular weight excluding hydrogens is 724 g/mol. The monoisotopic (exact) mass is 750 g/mol. The fourth-order valence-corrected chi connectivity index (χ4v) is 7.01. The normalized spacial score (nSPS) is 16.6. The molecular formula is C27H26F8N4O8S2. The van der Waals surface area contributed by atoms with Gasteiger partial charge in [0.2, 0.25) is 5.88 Å². The first kappa shape index (κ1) is 37.7. The van der Waals surface area contributed by atoms with Crippen molar-refractivity contribution in [2.75, 3.05) is 6.26 Å². The highest BCUT2D eigenvalue weighted by Crippen LogP contribution is 2.43. The maximum Gasteiger partial charge on any atom is 0.435 e. The van der Waals surface area contributed by atoms with Gasteiger partial charge in [-0.25, -0.2) is 21.5 Å². The number of carbonyl (C=O) groups is 1. The summed E-state index contributed by atoms with van der Waals surface area (Å²) in [6, 6.07) is 2.05. The van der Waals surface area contributed by atoms with Crippen LogP contribution in [0.15, 0.2) is 39.0 Å². The van der Waals surface area contributed by atoms with E-state index in [4.69, 9.17) is 9.36 Å². The van der Waals surface area contributed by atoms with E-state index in [-0.39, 0.29) is 23.5 Å². The molecule has 22 heteroatoms. The van der Waals surface area contributed by atoms with Crippen LogP contribution in [0.1, 0.15) is 77.5 Å². The molecule has 0 N–H and O–H groups in total. The van der Waals surface area contributed by atoms with Crippen molar-refractivity contribution in [3.05, 3.63) is 58.1 Å². The van der Waals surface area contributed by atoms with Gasteiger partial charge >= 0.3 is 19.0 Å². The fourth-order valence-electron chi connectivity index (χ4n) is 4.58. The molecule has 0 spiro atoms. The molecule has 5 rings (SSSR count). The van der Waals surface area contributed by atoms with Crippen molar-refractivity contribution >= 4 is 30.5 Å². The molecule has 0 amide bonds. The first-order valence-electron chi connectivity index (χ1n) is 13.8. The number of alkyl halides is 8. The maximum atomic E-state index is 13.1. The van der Waals surface area contributed by atoms with E-state index in [2.05, 4.69) is 20.1 Å². The van der Waals surface area contributed by atoms with Gasteiger partial charge < -0.3 is 14.1 Å². The van der Waals surface area contributed by atoms with Crippen LogP contribution in [0, 0.1) is 0 Å². The number of aryl methyl sites for hydroxylation is 1. The highest BCUT2D eigenvalue weighted by atomic mass is 32.2. The van der Waals surface area contributed by atoms with Gasteiger partial charge in [0.1, 0.15) is 5.60 Å². The van der Waals surface area contributed by atoms with Crippen LogP contribution in [0.4, 0.5) is 35.1 Å². The Morgan fingerprint density at radius 3 is 2.18 bits per heavy atom. The van der Waals surface area contributed by atoms with Crippen LogP contribution in [0.3, 0.4) is 0 Å². The van der Waals surface area contributed by atoms with Crippen LogP contribution in [0.2, 0.25) is 0 Å². The van der Waals surface area contributed by atoms with E-state index in [1.54, 1.807) is 0 Å². The second-order valence-electron chi connectivity index (χ2n) is 11.6. The largest absolute Gasteiger partial charge is 0.435 e. The van der Waals surface area contributed by atoms with Crippen molar-refractivity contribution in [2.24, 2.45) is 12.2 Å². The Balaban J connectivity index is 0.000000221. The minimum atomic E-state index is -5.06. The molecule has 0 radical (unpaired) electrons. The summed E-state index contributed by atoms with van der Waals surface area (Å²) in [5.41, 5.74) is -4.94. The minimum absolute atomic E-state index is 0.0441. The Morgan fingerprint density at radius 2 is 1.69 bits per heavy atom. The lowest BCUT2D eigenvalue weighted by molar-refractivity contribution is -0.142. The van der Waals surface area contributed by atoms with Gasteiger partial charge in [-0.15, -0.1) is 0 Å². The summed E-state index contributed by atoms with van der Waals surface area (Å²) in [5, 5.41) is 9.53. The molecule has 3 heterocycles. The lowest BCUT2D eigenvalue weighted by Crippen LogP contribution is -2.24. The van der Waals surface area contributed by atoms with Crippen LogP contribution in [-0.2, 0) is 49.7 Å². The summed E-state index contributed by atoms with van der Waals surface area (Å²) in [4.78, 5) is 16.9. The van der Waals surface area contributed by atoms with Gasteiger partial charge in [-0.2, -0.15) is 40.2 Å². The smallest absolute Gasteiger partial charge is 0.417 e. The molecule has 49 heavy (non-hydrogen) atoms. The Morgan fingerprint density at radius 1 is 1.06 bits per heavy atom. The van der Waals surface area contributed by atoms with Crippen molar-refractivity contribution in [3.8, 4) is 5.88 Å². The predicted octanol–water partition coefficient (Wildman–Crippen LogP) is 5.67. The van der Waals surface area contributed by atoms with Crippen LogP contribution >= 0.6 is 0 Å². The molecule has 3 aromatic rings. The predicted molar refractivity (Wildman–Crippen MR) is 151 cm³/mol. The molecule has 1 aliphatic carbocycles. The molecule has 1 aromatic carbocycles. The summed E-state index contributed by atoms with van der Waals surface area (Å²) in [6.07, 6.45) is -6.36. The molecule has 0 atom stereocenters. The van der Waals surface area contributed by atoms with E-state index in [1.165, 1.54) is 20.0 Å².